The number of alkyl carbamates (subject to hydrolysis) is 1. The third kappa shape index (κ3) is 8.45. The Kier molecular flexibility index (Phi) is 10.6. The van der Waals surface area contributed by atoms with E-state index in [0.29, 0.717) is 5.56 Å². The molecule has 0 saturated heterocycles. The Balaban J connectivity index is 2.63. The molecular weight excluding hydrogens is 463 g/mol. The number of carbonyl (C=O) groups is 4. The van der Waals surface area contributed by atoms with Crippen LogP contribution < -0.4 is 16.4 Å². The van der Waals surface area contributed by atoms with Crippen molar-refractivity contribution in [2.24, 2.45) is 17.6 Å². The number of ketones is 1. The Hall–Kier alpha value is -2.69. The molecule has 1 rings (SSSR count). The molecule has 2 amide bonds. The lowest BCUT2D eigenvalue weighted by molar-refractivity contribution is -0.147. The molecule has 0 aliphatic heterocycles. The molecule has 0 heterocycles. The van der Waals surface area contributed by atoms with Crippen molar-refractivity contribution in [3.63, 3.8) is 0 Å². The van der Waals surface area contributed by atoms with Gasteiger partial charge >= 0.3 is 12.1 Å². The average molecular weight is 489 g/mol. The van der Waals surface area contributed by atoms with E-state index in [9.17, 15) is 24.3 Å². The largest absolute Gasteiger partial charge is 0.481 e. The van der Waals surface area contributed by atoms with E-state index in [0.717, 1.165) is 0 Å². The molecule has 0 radical (unpaired) electrons. The second-order valence-electron chi connectivity index (χ2n) is 7.42. The number of carbonyl (C=O) groups excluding carboxylic acids is 3. The summed E-state index contributed by atoms with van der Waals surface area (Å²) in [4.78, 5) is 47.7. The number of hydrogen-bond donors (Lipinski definition) is 5. The van der Waals surface area contributed by atoms with Gasteiger partial charge in [0.1, 0.15) is 12.0 Å². The van der Waals surface area contributed by atoms with Crippen LogP contribution in [0.4, 0.5) is 4.79 Å². The molecule has 32 heavy (non-hydrogen) atoms. The third-order valence-corrected chi connectivity index (χ3v) is 5.29. The summed E-state index contributed by atoms with van der Waals surface area (Å²) in [5.74, 6) is -4.68. The summed E-state index contributed by atoms with van der Waals surface area (Å²) in [7, 11) is 0. The van der Waals surface area contributed by atoms with Gasteiger partial charge in [-0.3, -0.25) is 30.4 Å². The van der Waals surface area contributed by atoms with Gasteiger partial charge in [0.25, 0.3) is 0 Å². The van der Waals surface area contributed by atoms with Crippen LogP contribution in [0.5, 0.6) is 0 Å². The monoisotopic (exact) mass is 488 g/mol. The molecule has 12 heteroatoms. The lowest BCUT2D eigenvalue weighted by Crippen LogP contribution is -2.46. The Morgan fingerprint density at radius 2 is 1.69 bits per heavy atom. The van der Waals surface area contributed by atoms with Crippen LogP contribution in [0.3, 0.4) is 0 Å². The SMILES string of the molecule is CC(C)[C@H](N)C(=O)C[C@H](C(=O)O)[C@@H](C)OC(=O)NC(=N)NC(=O)Cc1c(Cl)cccc1Cl. The van der Waals surface area contributed by atoms with E-state index in [2.05, 4.69) is 5.32 Å². The first-order chi connectivity index (χ1) is 14.8. The van der Waals surface area contributed by atoms with E-state index in [1.54, 1.807) is 32.0 Å². The van der Waals surface area contributed by atoms with Crippen LogP contribution in [0, 0.1) is 17.2 Å². The summed E-state index contributed by atoms with van der Waals surface area (Å²) >= 11 is 12.0. The zero-order valence-electron chi connectivity index (χ0n) is 17.8. The number of guanidine groups is 1. The van der Waals surface area contributed by atoms with Crippen LogP contribution in [0.15, 0.2) is 18.2 Å². The number of hydrogen-bond acceptors (Lipinski definition) is 7. The summed E-state index contributed by atoms with van der Waals surface area (Å²) in [5, 5.41) is 21.7. The number of benzene rings is 1. The van der Waals surface area contributed by atoms with E-state index >= 15 is 0 Å². The maximum Gasteiger partial charge on any atom is 0.414 e. The molecule has 0 bridgehead atoms. The number of rotatable bonds is 9. The van der Waals surface area contributed by atoms with E-state index in [1.165, 1.54) is 6.92 Å². The Bertz CT molecular complexity index is 873. The van der Waals surface area contributed by atoms with Gasteiger partial charge < -0.3 is 15.6 Å². The quantitative estimate of drug-likeness (QED) is 0.262. The second-order valence-corrected chi connectivity index (χ2v) is 8.23. The molecule has 1 aromatic rings. The topological polar surface area (TPSA) is 172 Å². The fraction of sp³-hybridized carbons (Fsp3) is 0.450. The number of Topliss-reactive ketones (excluding diaryl/α,β-unsaturated/α-hetero) is 1. The zero-order chi connectivity index (χ0) is 24.6. The molecule has 176 valence electrons. The molecule has 10 nitrogen and oxygen atoms in total. The van der Waals surface area contributed by atoms with Crippen molar-refractivity contribution in [3.05, 3.63) is 33.8 Å². The van der Waals surface area contributed by atoms with Gasteiger partial charge in [0.15, 0.2) is 5.78 Å². The van der Waals surface area contributed by atoms with Crippen molar-refractivity contribution in [2.75, 3.05) is 0 Å². The van der Waals surface area contributed by atoms with Gasteiger partial charge in [-0.05, 0) is 30.5 Å². The number of carboxylic acid groups (broad SMARTS) is 1. The number of carboxylic acids is 1. The van der Waals surface area contributed by atoms with E-state index in [-0.39, 0.29) is 22.4 Å². The van der Waals surface area contributed by atoms with Crippen molar-refractivity contribution in [1.29, 1.82) is 5.41 Å². The fourth-order valence-electron chi connectivity index (χ4n) is 2.64. The predicted octanol–water partition coefficient (Wildman–Crippen LogP) is 2.34. The molecule has 0 aliphatic rings. The molecular formula is C20H26Cl2N4O6. The van der Waals surface area contributed by atoms with Crippen molar-refractivity contribution in [2.45, 2.75) is 45.8 Å². The number of nitrogens with one attached hydrogen (secondary N) is 3. The molecule has 6 N–H and O–H groups in total. The number of ether oxygens (including phenoxy) is 1. The summed E-state index contributed by atoms with van der Waals surface area (Å²) in [6.45, 7) is 4.75. The molecule has 0 unspecified atom stereocenters. The van der Waals surface area contributed by atoms with Crippen molar-refractivity contribution in [1.82, 2.24) is 10.6 Å². The van der Waals surface area contributed by atoms with Crippen molar-refractivity contribution < 1.29 is 29.0 Å². The van der Waals surface area contributed by atoms with Gasteiger partial charge in [-0.25, -0.2) is 4.79 Å². The van der Waals surface area contributed by atoms with E-state index < -0.39 is 54.2 Å². The summed E-state index contributed by atoms with van der Waals surface area (Å²) in [6, 6.07) is 3.88. The minimum absolute atomic E-state index is 0.179. The highest BCUT2D eigenvalue weighted by Gasteiger charge is 2.32. The second kappa shape index (κ2) is 12.4. The van der Waals surface area contributed by atoms with Gasteiger partial charge in [0.05, 0.1) is 12.5 Å². The van der Waals surface area contributed by atoms with Crippen LogP contribution in [0.2, 0.25) is 10.0 Å². The Morgan fingerprint density at radius 1 is 1.12 bits per heavy atom. The third-order valence-electron chi connectivity index (χ3n) is 4.58. The van der Waals surface area contributed by atoms with Crippen LogP contribution in [0.1, 0.15) is 32.8 Å². The molecule has 0 spiro atoms. The summed E-state index contributed by atoms with van der Waals surface area (Å²) in [6.07, 6.45) is -3.05. The number of nitrogens with two attached hydrogens (primary N) is 1. The maximum atomic E-state index is 12.1. The van der Waals surface area contributed by atoms with Crippen molar-refractivity contribution >= 4 is 52.9 Å². The van der Waals surface area contributed by atoms with Gasteiger partial charge in [-0.2, -0.15) is 0 Å². The summed E-state index contributed by atoms with van der Waals surface area (Å²) in [5.41, 5.74) is 6.10. The Labute approximate surface area is 195 Å². The predicted molar refractivity (Wildman–Crippen MR) is 119 cm³/mol. The smallest absolute Gasteiger partial charge is 0.414 e. The first-order valence-electron chi connectivity index (χ1n) is 9.63. The molecule has 3 atom stereocenters. The van der Waals surface area contributed by atoms with Gasteiger partial charge in [0.2, 0.25) is 11.9 Å². The molecule has 1 aromatic carbocycles. The molecule has 0 aromatic heterocycles. The first-order valence-corrected chi connectivity index (χ1v) is 10.4. The van der Waals surface area contributed by atoms with Gasteiger partial charge in [0, 0.05) is 16.5 Å². The van der Waals surface area contributed by atoms with Gasteiger partial charge in [-0.15, -0.1) is 0 Å². The normalized spacial score (nSPS) is 13.6. The minimum Gasteiger partial charge on any atom is -0.481 e. The lowest BCUT2D eigenvalue weighted by atomic mass is 9.90. The minimum atomic E-state index is -1.34. The highest BCUT2D eigenvalue weighted by atomic mass is 35.5. The van der Waals surface area contributed by atoms with E-state index in [4.69, 9.17) is 39.1 Å². The van der Waals surface area contributed by atoms with E-state index in [1.807, 2.05) is 5.32 Å². The average Bonchev–Trinajstić information content (AvgIpc) is 2.67. The maximum absolute atomic E-state index is 12.1. The number of halogens is 2. The molecule has 0 fully saturated rings. The highest BCUT2D eigenvalue weighted by Crippen LogP contribution is 2.24. The van der Waals surface area contributed by atoms with Crippen LogP contribution in [-0.4, -0.2) is 47.0 Å². The summed E-state index contributed by atoms with van der Waals surface area (Å²) < 4.78 is 4.97. The van der Waals surface area contributed by atoms with Crippen LogP contribution in [0.25, 0.3) is 0 Å². The Morgan fingerprint density at radius 3 is 2.19 bits per heavy atom. The lowest BCUT2D eigenvalue weighted by Gasteiger charge is -2.22. The van der Waals surface area contributed by atoms with Crippen molar-refractivity contribution in [3.8, 4) is 0 Å². The first kappa shape index (κ1) is 27.3. The van der Waals surface area contributed by atoms with Crippen LogP contribution >= 0.6 is 23.2 Å². The molecule has 0 saturated carbocycles. The number of aliphatic carboxylic acids is 1. The standard InChI is InChI=1S/C20H26Cl2N4O6/c1-9(2)17(23)15(27)7-11(18(29)30)10(3)32-20(31)26-19(24)25-16(28)8-12-13(21)5-4-6-14(12)22/h4-6,9-11,17H,7-8,23H2,1-3H3,(H,29,30)(H3,24,25,26,28,31)/t10-,11+,17+/m1/s1. The number of amides is 2. The fourth-order valence-corrected chi connectivity index (χ4v) is 3.17. The molecule has 0 aliphatic carbocycles. The van der Waals surface area contributed by atoms with Crippen LogP contribution in [-0.2, 0) is 25.5 Å². The van der Waals surface area contributed by atoms with Gasteiger partial charge in [-0.1, -0.05) is 43.1 Å². The highest BCUT2D eigenvalue weighted by molar-refractivity contribution is 6.36. The zero-order valence-corrected chi connectivity index (χ0v) is 19.3.